The molecule has 0 unspecified atom stereocenters. The average Bonchev–Trinajstić information content (AvgIpc) is 3.33. The van der Waals surface area contributed by atoms with Gasteiger partial charge in [-0.1, -0.05) is 5.21 Å². The number of ether oxygens (including phenoxy) is 1. The number of halogens is 1. The van der Waals surface area contributed by atoms with Crippen molar-refractivity contribution >= 4 is 16.8 Å². The summed E-state index contributed by atoms with van der Waals surface area (Å²) in [7, 11) is 0. The van der Waals surface area contributed by atoms with E-state index in [1.165, 1.54) is 22.9 Å². The summed E-state index contributed by atoms with van der Waals surface area (Å²) in [5.41, 5.74) is 2.20. The van der Waals surface area contributed by atoms with Gasteiger partial charge in [0.15, 0.2) is 0 Å². The Labute approximate surface area is 199 Å². The second kappa shape index (κ2) is 8.71. The maximum Gasteiger partial charge on any atom is 0.258 e. The number of aromatic nitrogens is 4. The highest BCUT2D eigenvalue weighted by molar-refractivity contribution is 5.94. The third-order valence-electron chi connectivity index (χ3n) is 6.69. The van der Waals surface area contributed by atoms with Gasteiger partial charge >= 0.3 is 0 Å². The normalized spacial score (nSPS) is 17.0. The molecular weight excluding hydrogens is 451 g/mol. The smallest absolute Gasteiger partial charge is 0.258 e. The fourth-order valence-electron chi connectivity index (χ4n) is 4.54. The Morgan fingerprint density at radius 1 is 1.03 bits per heavy atom. The zero-order valence-electron chi connectivity index (χ0n) is 18.9. The molecule has 0 atom stereocenters. The zero-order valence-corrected chi connectivity index (χ0v) is 18.9. The first-order chi connectivity index (χ1) is 17.0. The van der Waals surface area contributed by atoms with Crippen molar-refractivity contribution in [1.29, 1.82) is 0 Å². The van der Waals surface area contributed by atoms with E-state index in [4.69, 9.17) is 4.74 Å². The van der Waals surface area contributed by atoms with Gasteiger partial charge in [-0.3, -0.25) is 14.5 Å². The van der Waals surface area contributed by atoms with E-state index in [1.807, 2.05) is 4.90 Å². The number of amides is 1. The van der Waals surface area contributed by atoms with Gasteiger partial charge in [0.2, 0.25) is 0 Å². The Balaban J connectivity index is 1.18. The van der Waals surface area contributed by atoms with E-state index in [9.17, 15) is 14.0 Å². The lowest BCUT2D eigenvalue weighted by Gasteiger charge is -2.42. The van der Waals surface area contributed by atoms with Crippen LogP contribution in [0, 0.1) is 5.82 Å². The second-order valence-electron chi connectivity index (χ2n) is 8.86. The molecule has 2 aliphatic rings. The number of carbonyl (C=O) groups excluding carboxylic acids is 1. The molecule has 35 heavy (non-hydrogen) atoms. The topological polar surface area (TPSA) is 96.3 Å². The second-order valence-corrected chi connectivity index (χ2v) is 8.86. The molecule has 2 aromatic heterocycles. The maximum atomic E-state index is 13.6. The first kappa shape index (κ1) is 21.6. The van der Waals surface area contributed by atoms with Gasteiger partial charge in [-0.05, 0) is 48.5 Å². The molecule has 2 saturated heterocycles. The lowest BCUT2D eigenvalue weighted by Crippen LogP contribution is -2.57. The molecule has 0 spiro atoms. The van der Waals surface area contributed by atoms with Crippen LogP contribution >= 0.6 is 0 Å². The van der Waals surface area contributed by atoms with Gasteiger partial charge in [0.25, 0.3) is 11.5 Å². The molecular formula is C25H23FN6O3. The number of carbonyl (C=O) groups is 1. The molecule has 0 radical (unpaired) electrons. The molecule has 4 aromatic rings. The third-order valence-corrected chi connectivity index (χ3v) is 6.69. The van der Waals surface area contributed by atoms with Crippen molar-refractivity contribution in [3.63, 3.8) is 0 Å². The lowest BCUT2D eigenvalue weighted by atomic mass is 10.1. The molecule has 178 valence electrons. The van der Waals surface area contributed by atoms with Crippen LogP contribution in [0.25, 0.3) is 27.8 Å². The molecule has 0 saturated carbocycles. The maximum absolute atomic E-state index is 13.6. The first-order valence-electron chi connectivity index (χ1n) is 11.5. The van der Waals surface area contributed by atoms with Crippen molar-refractivity contribution in [3.05, 3.63) is 76.5 Å². The number of piperazine rings is 1. The van der Waals surface area contributed by atoms with Crippen LogP contribution < -0.4 is 5.56 Å². The summed E-state index contributed by atoms with van der Waals surface area (Å²) >= 11 is 0. The number of benzene rings is 2. The minimum Gasteiger partial charge on any atom is -0.378 e. The number of nitrogens with zero attached hydrogens (tertiary/aromatic N) is 5. The lowest BCUT2D eigenvalue weighted by molar-refractivity contribution is -0.0746. The van der Waals surface area contributed by atoms with Crippen LogP contribution in [0.1, 0.15) is 10.4 Å². The van der Waals surface area contributed by atoms with Gasteiger partial charge in [0.05, 0.1) is 36.7 Å². The first-order valence-corrected chi connectivity index (χ1v) is 11.5. The monoisotopic (exact) mass is 474 g/mol. The van der Waals surface area contributed by atoms with E-state index in [2.05, 4.69) is 20.2 Å². The van der Waals surface area contributed by atoms with Crippen molar-refractivity contribution in [1.82, 2.24) is 29.8 Å². The molecule has 1 N–H and O–H groups in total. The van der Waals surface area contributed by atoms with E-state index >= 15 is 0 Å². The van der Waals surface area contributed by atoms with E-state index in [-0.39, 0.29) is 17.3 Å². The molecule has 0 bridgehead atoms. The number of hydrogen-bond donors (Lipinski definition) is 1. The predicted molar refractivity (Wildman–Crippen MR) is 127 cm³/mol. The minimum absolute atomic E-state index is 0.00951. The summed E-state index contributed by atoms with van der Waals surface area (Å²) in [6, 6.07) is 13.4. The van der Waals surface area contributed by atoms with Crippen LogP contribution in [-0.4, -0.2) is 81.1 Å². The highest BCUT2D eigenvalue weighted by Crippen LogP contribution is 2.20. The minimum atomic E-state index is -0.386. The van der Waals surface area contributed by atoms with Crippen LogP contribution in [0.15, 0.2) is 59.5 Å². The number of nitrogens with one attached hydrogen (secondary N) is 1. The molecule has 10 heteroatoms. The Bertz CT molecular complexity index is 1450. The molecule has 4 heterocycles. The number of H-pyrrole nitrogens is 1. The Morgan fingerprint density at radius 2 is 1.80 bits per heavy atom. The van der Waals surface area contributed by atoms with E-state index in [0.717, 1.165) is 26.3 Å². The molecule has 0 aliphatic carbocycles. The third kappa shape index (κ3) is 4.11. The number of pyridine rings is 1. The van der Waals surface area contributed by atoms with Crippen LogP contribution in [0.4, 0.5) is 4.39 Å². The summed E-state index contributed by atoms with van der Waals surface area (Å²) in [5, 5.41) is 8.83. The highest BCUT2D eigenvalue weighted by atomic mass is 19.1. The van der Waals surface area contributed by atoms with Crippen LogP contribution in [-0.2, 0) is 4.74 Å². The summed E-state index contributed by atoms with van der Waals surface area (Å²) in [4.78, 5) is 32.5. The molecule has 2 aliphatic heterocycles. The molecule has 2 fully saturated rings. The fourth-order valence-corrected chi connectivity index (χ4v) is 4.54. The number of fused-ring (bicyclic) bond motifs is 1. The summed E-state index contributed by atoms with van der Waals surface area (Å²) in [6.07, 6.45) is 1.63. The van der Waals surface area contributed by atoms with Crippen molar-refractivity contribution in [2.45, 2.75) is 6.04 Å². The van der Waals surface area contributed by atoms with Gasteiger partial charge in [-0.25, -0.2) is 9.07 Å². The Kier molecular flexibility index (Phi) is 5.39. The van der Waals surface area contributed by atoms with Gasteiger partial charge in [0, 0.05) is 42.6 Å². The molecule has 2 aromatic carbocycles. The fraction of sp³-hybridized carbons (Fsp3) is 0.280. The predicted octanol–water partition coefficient (Wildman–Crippen LogP) is 2.07. The van der Waals surface area contributed by atoms with Gasteiger partial charge in [-0.15, -0.1) is 5.10 Å². The zero-order chi connectivity index (χ0) is 23.9. The summed E-state index contributed by atoms with van der Waals surface area (Å²) < 4.78 is 20.4. The van der Waals surface area contributed by atoms with E-state index in [1.54, 1.807) is 36.5 Å². The molecule has 6 rings (SSSR count). The van der Waals surface area contributed by atoms with Crippen LogP contribution in [0.3, 0.4) is 0 Å². The largest absolute Gasteiger partial charge is 0.378 e. The van der Waals surface area contributed by atoms with Gasteiger partial charge in [0.1, 0.15) is 11.5 Å². The van der Waals surface area contributed by atoms with Gasteiger partial charge in [-0.2, -0.15) is 0 Å². The number of rotatable bonds is 4. The molecule has 9 nitrogen and oxygen atoms in total. The van der Waals surface area contributed by atoms with Crippen molar-refractivity contribution in [2.24, 2.45) is 0 Å². The van der Waals surface area contributed by atoms with Crippen LogP contribution in [0.2, 0.25) is 0 Å². The van der Waals surface area contributed by atoms with Crippen molar-refractivity contribution < 1.29 is 13.9 Å². The standard InChI is InChI=1S/C25H23FN6O3/c26-18-3-6-22-17(11-18)12-21(24(33)27-22)23-13-32(29-28-23)19-4-1-16(2-5-19)25(34)31-9-7-30(8-10-31)20-14-35-15-20/h1-6,11-13,20H,7-10,14-15H2,(H,27,33). The number of aromatic amines is 1. The van der Waals surface area contributed by atoms with Crippen molar-refractivity contribution in [2.75, 3.05) is 39.4 Å². The quantitative estimate of drug-likeness (QED) is 0.487. The Morgan fingerprint density at radius 3 is 2.51 bits per heavy atom. The highest BCUT2D eigenvalue weighted by Gasteiger charge is 2.30. The van der Waals surface area contributed by atoms with E-state index in [0.29, 0.717) is 52.5 Å². The SMILES string of the molecule is O=C(c1ccc(-n2cc(-c3cc4cc(F)ccc4[nH]c3=O)nn2)cc1)N1CCN(C2COC2)CC1. The Hall–Kier alpha value is -3.89. The van der Waals surface area contributed by atoms with Crippen molar-refractivity contribution in [3.8, 4) is 16.9 Å². The summed E-state index contributed by atoms with van der Waals surface area (Å²) in [6.45, 7) is 4.70. The average molecular weight is 474 g/mol. The van der Waals surface area contributed by atoms with Crippen LogP contribution in [0.5, 0.6) is 0 Å². The van der Waals surface area contributed by atoms with Gasteiger partial charge < -0.3 is 14.6 Å². The number of hydrogen-bond acceptors (Lipinski definition) is 6. The van der Waals surface area contributed by atoms with E-state index < -0.39 is 0 Å². The molecule has 1 amide bonds. The summed E-state index contributed by atoms with van der Waals surface area (Å²) in [5.74, 6) is -0.376.